The number of ether oxygens (including phenoxy) is 1. The van der Waals surface area contributed by atoms with E-state index < -0.39 is 40.6 Å². The van der Waals surface area contributed by atoms with Crippen molar-refractivity contribution < 1.29 is 27.5 Å². The molecular formula is C13H8F4N2O2. The van der Waals surface area contributed by atoms with Crippen molar-refractivity contribution in [3.8, 4) is 11.5 Å². The van der Waals surface area contributed by atoms with E-state index in [0.717, 1.165) is 30.3 Å². The van der Waals surface area contributed by atoms with E-state index in [0.29, 0.717) is 0 Å². The van der Waals surface area contributed by atoms with E-state index in [1.54, 1.807) is 0 Å². The van der Waals surface area contributed by atoms with E-state index in [2.05, 4.69) is 5.16 Å². The van der Waals surface area contributed by atoms with Crippen molar-refractivity contribution in [2.45, 2.75) is 0 Å². The number of oxime groups is 1. The molecule has 0 bridgehead atoms. The van der Waals surface area contributed by atoms with Crippen LogP contribution in [-0.2, 0) is 0 Å². The van der Waals surface area contributed by atoms with Crippen molar-refractivity contribution in [2.24, 2.45) is 10.9 Å². The van der Waals surface area contributed by atoms with Gasteiger partial charge in [-0.15, -0.1) is 0 Å². The first-order chi connectivity index (χ1) is 9.93. The fourth-order valence-corrected chi connectivity index (χ4v) is 1.54. The summed E-state index contributed by atoms with van der Waals surface area (Å²) in [6.45, 7) is 0. The Hall–Kier alpha value is -2.77. The van der Waals surface area contributed by atoms with E-state index in [9.17, 15) is 17.6 Å². The highest BCUT2D eigenvalue weighted by Gasteiger charge is 2.18. The number of amidine groups is 1. The van der Waals surface area contributed by atoms with Gasteiger partial charge in [-0.2, -0.15) is 4.39 Å². The van der Waals surface area contributed by atoms with Gasteiger partial charge in [-0.25, -0.2) is 13.2 Å². The van der Waals surface area contributed by atoms with Crippen molar-refractivity contribution in [1.82, 2.24) is 0 Å². The second-order valence-electron chi connectivity index (χ2n) is 3.91. The molecule has 0 aliphatic carbocycles. The number of nitrogens with two attached hydrogens (primary N) is 1. The smallest absolute Gasteiger partial charge is 0.201 e. The normalized spacial score (nSPS) is 11.5. The molecule has 4 nitrogen and oxygen atoms in total. The van der Waals surface area contributed by atoms with Gasteiger partial charge in [0.05, 0.1) is 0 Å². The molecule has 0 radical (unpaired) electrons. The Morgan fingerprint density at radius 1 is 1.05 bits per heavy atom. The monoisotopic (exact) mass is 300 g/mol. The van der Waals surface area contributed by atoms with E-state index in [-0.39, 0.29) is 5.56 Å². The van der Waals surface area contributed by atoms with E-state index in [4.69, 9.17) is 15.7 Å². The van der Waals surface area contributed by atoms with Crippen LogP contribution in [0.15, 0.2) is 35.5 Å². The maximum atomic E-state index is 13.8. The van der Waals surface area contributed by atoms with Gasteiger partial charge < -0.3 is 15.7 Å². The fourth-order valence-electron chi connectivity index (χ4n) is 1.54. The lowest BCUT2D eigenvalue weighted by atomic mass is 10.2. The number of nitrogens with zero attached hydrogens (tertiary/aromatic N) is 1. The van der Waals surface area contributed by atoms with Crippen LogP contribution in [0.5, 0.6) is 11.5 Å². The highest BCUT2D eigenvalue weighted by molar-refractivity contribution is 5.97. The summed E-state index contributed by atoms with van der Waals surface area (Å²) in [5.41, 5.74) is 4.96. The van der Waals surface area contributed by atoms with Gasteiger partial charge in [0.25, 0.3) is 0 Å². The lowest BCUT2D eigenvalue weighted by Gasteiger charge is -2.10. The number of hydrogen-bond acceptors (Lipinski definition) is 3. The van der Waals surface area contributed by atoms with Crippen molar-refractivity contribution in [2.75, 3.05) is 0 Å². The van der Waals surface area contributed by atoms with Gasteiger partial charge in [-0.3, -0.25) is 0 Å². The second-order valence-corrected chi connectivity index (χ2v) is 3.91. The molecule has 2 rings (SSSR count). The third kappa shape index (κ3) is 2.88. The molecule has 0 aliphatic rings. The van der Waals surface area contributed by atoms with E-state index >= 15 is 0 Å². The number of hydrogen-bond donors (Lipinski definition) is 2. The summed E-state index contributed by atoms with van der Waals surface area (Å²) >= 11 is 0. The Kier molecular flexibility index (Phi) is 3.97. The predicted molar refractivity (Wildman–Crippen MR) is 65.3 cm³/mol. The summed E-state index contributed by atoms with van der Waals surface area (Å²) in [6, 6.07) is 4.41. The Morgan fingerprint density at radius 2 is 1.67 bits per heavy atom. The van der Waals surface area contributed by atoms with Crippen molar-refractivity contribution in [3.63, 3.8) is 0 Å². The molecule has 8 heteroatoms. The minimum absolute atomic E-state index is 0.237. The Bertz CT molecular complexity index is 696. The van der Waals surface area contributed by atoms with E-state index in [1.807, 2.05) is 0 Å². The Morgan fingerprint density at radius 3 is 2.24 bits per heavy atom. The topological polar surface area (TPSA) is 67.8 Å². The average molecular weight is 300 g/mol. The highest BCUT2D eigenvalue weighted by atomic mass is 19.2. The van der Waals surface area contributed by atoms with Crippen molar-refractivity contribution >= 4 is 5.84 Å². The van der Waals surface area contributed by atoms with Gasteiger partial charge in [0, 0.05) is 5.56 Å². The molecule has 0 spiro atoms. The standard InChI is InChI=1S/C13H8F4N2O2/c14-7-2-1-3-10(11(7)17)21-12-8(15)4-6(5-9(12)16)13(18)19-20/h1-5,20H,(H2,18,19). The first-order valence-corrected chi connectivity index (χ1v) is 5.53. The van der Waals surface area contributed by atoms with Crippen molar-refractivity contribution in [3.05, 3.63) is 59.2 Å². The molecule has 110 valence electrons. The van der Waals surface area contributed by atoms with Crippen LogP contribution in [0.4, 0.5) is 17.6 Å². The Labute approximate surface area is 116 Å². The molecule has 21 heavy (non-hydrogen) atoms. The van der Waals surface area contributed by atoms with Gasteiger partial charge in [-0.1, -0.05) is 11.2 Å². The largest absolute Gasteiger partial charge is 0.448 e. The number of benzene rings is 2. The molecule has 0 saturated heterocycles. The molecule has 2 aromatic carbocycles. The summed E-state index contributed by atoms with van der Waals surface area (Å²) in [5.74, 6) is -7.17. The average Bonchev–Trinajstić information content (AvgIpc) is 2.46. The van der Waals surface area contributed by atoms with Crippen LogP contribution in [-0.4, -0.2) is 11.0 Å². The van der Waals surface area contributed by atoms with Crippen LogP contribution in [0.3, 0.4) is 0 Å². The molecule has 0 amide bonds. The van der Waals surface area contributed by atoms with Crippen LogP contribution in [0.1, 0.15) is 5.56 Å². The summed E-state index contributed by atoms with van der Waals surface area (Å²) in [4.78, 5) is 0. The van der Waals surface area contributed by atoms with Gasteiger partial charge in [0.2, 0.25) is 5.82 Å². The molecule has 0 aromatic heterocycles. The zero-order valence-electron chi connectivity index (χ0n) is 10.3. The molecule has 2 aromatic rings. The zero-order valence-corrected chi connectivity index (χ0v) is 10.3. The number of rotatable bonds is 3. The second kappa shape index (κ2) is 5.70. The highest BCUT2D eigenvalue weighted by Crippen LogP contribution is 2.30. The summed E-state index contributed by atoms with van der Waals surface area (Å²) in [7, 11) is 0. The molecule has 0 atom stereocenters. The zero-order chi connectivity index (χ0) is 15.6. The molecule has 3 N–H and O–H groups in total. The maximum Gasteiger partial charge on any atom is 0.201 e. The third-order valence-corrected chi connectivity index (χ3v) is 2.53. The summed E-state index contributed by atoms with van der Waals surface area (Å²) < 4.78 is 58.6. The lowest BCUT2D eigenvalue weighted by molar-refractivity contribution is 0.318. The van der Waals surface area contributed by atoms with Gasteiger partial charge in [-0.05, 0) is 24.3 Å². The first-order valence-electron chi connectivity index (χ1n) is 5.53. The van der Waals surface area contributed by atoms with Crippen LogP contribution in [0, 0.1) is 23.3 Å². The van der Waals surface area contributed by atoms with Crippen molar-refractivity contribution in [1.29, 1.82) is 0 Å². The van der Waals surface area contributed by atoms with Crippen LogP contribution < -0.4 is 10.5 Å². The fraction of sp³-hybridized carbons (Fsp3) is 0. The Balaban J connectivity index is 2.44. The summed E-state index contributed by atoms with van der Waals surface area (Å²) in [5, 5.41) is 11.0. The quantitative estimate of drug-likeness (QED) is 0.301. The van der Waals surface area contributed by atoms with Gasteiger partial charge in [0.15, 0.2) is 34.8 Å². The van der Waals surface area contributed by atoms with Gasteiger partial charge >= 0.3 is 0 Å². The minimum atomic E-state index is -1.38. The first kappa shape index (κ1) is 14.6. The van der Waals surface area contributed by atoms with Gasteiger partial charge in [0.1, 0.15) is 0 Å². The lowest BCUT2D eigenvalue weighted by Crippen LogP contribution is -2.14. The minimum Gasteiger partial charge on any atom is -0.448 e. The van der Waals surface area contributed by atoms with Crippen LogP contribution in [0.25, 0.3) is 0 Å². The third-order valence-electron chi connectivity index (χ3n) is 2.53. The molecule has 0 heterocycles. The van der Waals surface area contributed by atoms with Crippen LogP contribution >= 0.6 is 0 Å². The molecular weight excluding hydrogens is 292 g/mol. The molecule has 0 unspecified atom stereocenters. The molecule has 0 fully saturated rings. The number of halogens is 4. The molecule has 0 saturated carbocycles. The maximum absolute atomic E-state index is 13.8. The predicted octanol–water partition coefficient (Wildman–Crippen LogP) is 3.13. The van der Waals surface area contributed by atoms with Crippen LogP contribution in [0.2, 0.25) is 0 Å². The SMILES string of the molecule is N/C(=N/O)c1cc(F)c(Oc2cccc(F)c2F)c(F)c1. The molecule has 0 aliphatic heterocycles. The summed E-state index contributed by atoms with van der Waals surface area (Å²) in [6.07, 6.45) is 0. The van der Waals surface area contributed by atoms with E-state index in [1.165, 1.54) is 0 Å².